The number of nitrogens with one attached hydrogen (secondary N) is 1. The Kier molecular flexibility index (Phi) is 3.41. The van der Waals surface area contributed by atoms with E-state index < -0.39 is 0 Å². The lowest BCUT2D eigenvalue weighted by atomic mass is 10.1. The minimum absolute atomic E-state index is 0.248. The Balaban J connectivity index is 1.75. The molecule has 1 fully saturated rings. The summed E-state index contributed by atoms with van der Waals surface area (Å²) < 4.78 is 7.66. The number of aryl methyl sites for hydroxylation is 1. The van der Waals surface area contributed by atoms with Crippen molar-refractivity contribution in [3.8, 4) is 17.1 Å². The lowest BCUT2D eigenvalue weighted by molar-refractivity contribution is 0.156. The smallest absolute Gasteiger partial charge is 0.217 e. The van der Waals surface area contributed by atoms with Gasteiger partial charge in [-0.25, -0.2) is 9.97 Å². The molecule has 1 N–H and O–H groups in total. The molecule has 1 aliphatic rings. The molecule has 19 heavy (non-hydrogen) atoms. The molecule has 100 valence electrons. The highest BCUT2D eigenvalue weighted by Gasteiger charge is 2.15. The predicted molar refractivity (Wildman–Crippen MR) is 70.8 cm³/mol. The second-order valence-corrected chi connectivity index (χ2v) is 4.71. The molecule has 0 aromatic carbocycles. The van der Waals surface area contributed by atoms with E-state index in [0.29, 0.717) is 5.88 Å². The topological polar surface area (TPSA) is 64.9 Å². The molecule has 0 aliphatic carbocycles. The second-order valence-electron chi connectivity index (χ2n) is 4.71. The van der Waals surface area contributed by atoms with Crippen molar-refractivity contribution in [2.75, 3.05) is 13.1 Å². The SMILES string of the molecule is Cn1cc(-c2cc(OC3CCNCC3)ncn2)cn1. The summed E-state index contributed by atoms with van der Waals surface area (Å²) in [6.07, 6.45) is 7.54. The van der Waals surface area contributed by atoms with E-state index >= 15 is 0 Å². The maximum atomic E-state index is 5.91. The van der Waals surface area contributed by atoms with E-state index in [9.17, 15) is 0 Å². The van der Waals surface area contributed by atoms with E-state index in [1.807, 2.05) is 19.3 Å². The normalized spacial score (nSPS) is 16.5. The quantitative estimate of drug-likeness (QED) is 0.891. The minimum atomic E-state index is 0.248. The van der Waals surface area contributed by atoms with Crippen molar-refractivity contribution in [1.29, 1.82) is 0 Å². The Morgan fingerprint density at radius 3 is 2.89 bits per heavy atom. The van der Waals surface area contributed by atoms with Crippen molar-refractivity contribution in [2.24, 2.45) is 7.05 Å². The molecule has 0 unspecified atom stereocenters. The number of ether oxygens (including phenoxy) is 1. The van der Waals surface area contributed by atoms with Gasteiger partial charge in [-0.2, -0.15) is 5.10 Å². The molecular formula is C13H17N5O. The zero-order valence-corrected chi connectivity index (χ0v) is 10.9. The zero-order valence-electron chi connectivity index (χ0n) is 10.9. The molecule has 0 bridgehead atoms. The van der Waals surface area contributed by atoms with Crippen LogP contribution in [0.4, 0.5) is 0 Å². The van der Waals surface area contributed by atoms with Crippen molar-refractivity contribution in [3.05, 3.63) is 24.8 Å². The maximum Gasteiger partial charge on any atom is 0.217 e. The fraction of sp³-hybridized carbons (Fsp3) is 0.462. The molecule has 2 aromatic heterocycles. The third-order valence-electron chi connectivity index (χ3n) is 3.22. The van der Waals surface area contributed by atoms with Gasteiger partial charge in [-0.15, -0.1) is 0 Å². The fourth-order valence-corrected chi connectivity index (χ4v) is 2.20. The van der Waals surface area contributed by atoms with E-state index in [0.717, 1.165) is 37.2 Å². The molecule has 0 atom stereocenters. The van der Waals surface area contributed by atoms with Crippen LogP contribution in [0.15, 0.2) is 24.8 Å². The first kappa shape index (κ1) is 12.1. The molecule has 6 heteroatoms. The molecule has 1 saturated heterocycles. The Morgan fingerprint density at radius 1 is 1.32 bits per heavy atom. The van der Waals surface area contributed by atoms with Crippen LogP contribution >= 0.6 is 0 Å². The molecule has 0 radical (unpaired) electrons. The number of nitrogens with zero attached hydrogens (tertiary/aromatic N) is 4. The van der Waals surface area contributed by atoms with Crippen molar-refractivity contribution < 1.29 is 4.74 Å². The largest absolute Gasteiger partial charge is 0.474 e. The van der Waals surface area contributed by atoms with Gasteiger partial charge in [0.25, 0.3) is 0 Å². The summed E-state index contributed by atoms with van der Waals surface area (Å²) in [7, 11) is 1.89. The van der Waals surface area contributed by atoms with Crippen LogP contribution in [0.2, 0.25) is 0 Å². The van der Waals surface area contributed by atoms with E-state index in [1.54, 1.807) is 17.2 Å². The summed E-state index contributed by atoms with van der Waals surface area (Å²) >= 11 is 0. The van der Waals surface area contributed by atoms with E-state index in [2.05, 4.69) is 20.4 Å². The van der Waals surface area contributed by atoms with Crippen LogP contribution < -0.4 is 10.1 Å². The molecule has 0 amide bonds. The summed E-state index contributed by atoms with van der Waals surface area (Å²) in [5.41, 5.74) is 1.81. The monoisotopic (exact) mass is 259 g/mol. The molecule has 0 spiro atoms. The van der Waals surface area contributed by atoms with Crippen LogP contribution in [-0.4, -0.2) is 38.9 Å². The Morgan fingerprint density at radius 2 is 2.16 bits per heavy atom. The minimum Gasteiger partial charge on any atom is -0.474 e. The van der Waals surface area contributed by atoms with Crippen LogP contribution in [-0.2, 0) is 7.05 Å². The van der Waals surface area contributed by atoms with Crippen LogP contribution in [0, 0.1) is 0 Å². The van der Waals surface area contributed by atoms with Gasteiger partial charge in [-0.05, 0) is 25.9 Å². The molecule has 1 aliphatic heterocycles. The third kappa shape index (κ3) is 2.90. The lowest BCUT2D eigenvalue weighted by Crippen LogP contribution is -2.34. The molecule has 2 aromatic rings. The lowest BCUT2D eigenvalue weighted by Gasteiger charge is -2.23. The first-order valence-electron chi connectivity index (χ1n) is 6.50. The van der Waals surface area contributed by atoms with Crippen LogP contribution in [0.1, 0.15) is 12.8 Å². The molecule has 3 rings (SSSR count). The highest BCUT2D eigenvalue weighted by molar-refractivity contribution is 5.57. The van der Waals surface area contributed by atoms with Gasteiger partial charge in [0.1, 0.15) is 12.4 Å². The molecule has 3 heterocycles. The van der Waals surface area contributed by atoms with Crippen molar-refractivity contribution in [2.45, 2.75) is 18.9 Å². The third-order valence-corrected chi connectivity index (χ3v) is 3.22. The van der Waals surface area contributed by atoms with Gasteiger partial charge in [0.2, 0.25) is 5.88 Å². The first-order valence-corrected chi connectivity index (χ1v) is 6.50. The molecule has 6 nitrogen and oxygen atoms in total. The molecule has 0 saturated carbocycles. The number of hydrogen-bond acceptors (Lipinski definition) is 5. The highest BCUT2D eigenvalue weighted by Crippen LogP contribution is 2.20. The average Bonchev–Trinajstić information content (AvgIpc) is 2.87. The van der Waals surface area contributed by atoms with E-state index in [-0.39, 0.29) is 6.10 Å². The van der Waals surface area contributed by atoms with Gasteiger partial charge in [0.05, 0.1) is 11.9 Å². The standard InChI is InChI=1S/C13H17N5O/c1-18-8-10(7-17-18)12-6-13(16-9-15-12)19-11-2-4-14-5-3-11/h6-9,11,14H,2-5H2,1H3. The summed E-state index contributed by atoms with van der Waals surface area (Å²) in [5.74, 6) is 0.640. The number of hydrogen-bond donors (Lipinski definition) is 1. The van der Waals surface area contributed by atoms with Gasteiger partial charge < -0.3 is 10.1 Å². The number of aromatic nitrogens is 4. The summed E-state index contributed by atoms with van der Waals surface area (Å²) in [4.78, 5) is 8.44. The number of piperidine rings is 1. The first-order chi connectivity index (χ1) is 9.31. The van der Waals surface area contributed by atoms with Gasteiger partial charge in [-0.1, -0.05) is 0 Å². The van der Waals surface area contributed by atoms with Crippen LogP contribution in [0.3, 0.4) is 0 Å². The second kappa shape index (κ2) is 5.36. The van der Waals surface area contributed by atoms with Gasteiger partial charge in [-0.3, -0.25) is 4.68 Å². The average molecular weight is 259 g/mol. The van der Waals surface area contributed by atoms with Gasteiger partial charge >= 0.3 is 0 Å². The maximum absolute atomic E-state index is 5.91. The zero-order chi connectivity index (χ0) is 13.1. The number of rotatable bonds is 3. The molecular weight excluding hydrogens is 242 g/mol. The Hall–Kier alpha value is -1.95. The predicted octanol–water partition coefficient (Wildman–Crippen LogP) is 1.01. The Labute approximate surface area is 111 Å². The fourth-order valence-electron chi connectivity index (χ4n) is 2.20. The van der Waals surface area contributed by atoms with Crippen LogP contribution in [0.25, 0.3) is 11.3 Å². The van der Waals surface area contributed by atoms with Crippen molar-refractivity contribution in [1.82, 2.24) is 25.1 Å². The van der Waals surface area contributed by atoms with Crippen molar-refractivity contribution >= 4 is 0 Å². The van der Waals surface area contributed by atoms with Crippen molar-refractivity contribution in [3.63, 3.8) is 0 Å². The van der Waals surface area contributed by atoms with Crippen LogP contribution in [0.5, 0.6) is 5.88 Å². The summed E-state index contributed by atoms with van der Waals surface area (Å²) in [6, 6.07) is 1.87. The Bertz CT molecular complexity index is 547. The van der Waals surface area contributed by atoms with Gasteiger partial charge in [0, 0.05) is 24.9 Å². The van der Waals surface area contributed by atoms with Gasteiger partial charge in [0.15, 0.2) is 0 Å². The summed E-state index contributed by atoms with van der Waals surface area (Å²) in [5, 5.41) is 7.46. The van der Waals surface area contributed by atoms with E-state index in [1.165, 1.54) is 0 Å². The summed E-state index contributed by atoms with van der Waals surface area (Å²) in [6.45, 7) is 2.01. The highest BCUT2D eigenvalue weighted by atomic mass is 16.5. The van der Waals surface area contributed by atoms with E-state index in [4.69, 9.17) is 4.74 Å².